The number of fused-ring (bicyclic) bond motifs is 1. The SMILES string of the molecule is CNCc1cc(-c2ccc3c(c2)CC(=O)N3)n(C)n1. The molecule has 5 heteroatoms. The van der Waals surface area contributed by atoms with E-state index < -0.39 is 0 Å². The molecule has 1 aliphatic heterocycles. The van der Waals surface area contributed by atoms with Crippen LogP contribution in [0.3, 0.4) is 0 Å². The van der Waals surface area contributed by atoms with Gasteiger partial charge in [-0.05, 0) is 30.8 Å². The average Bonchev–Trinajstić information content (AvgIpc) is 2.90. The zero-order valence-electron chi connectivity index (χ0n) is 11.0. The fraction of sp³-hybridized carbons (Fsp3) is 0.286. The molecule has 1 amide bonds. The minimum atomic E-state index is 0.0630. The van der Waals surface area contributed by atoms with Crippen LogP contribution in [0.5, 0.6) is 0 Å². The number of hydrogen-bond acceptors (Lipinski definition) is 3. The maximum atomic E-state index is 11.4. The van der Waals surface area contributed by atoms with E-state index in [0.717, 1.165) is 34.7 Å². The van der Waals surface area contributed by atoms with Crippen molar-refractivity contribution >= 4 is 11.6 Å². The molecule has 1 aromatic carbocycles. The van der Waals surface area contributed by atoms with Gasteiger partial charge in [-0.2, -0.15) is 5.10 Å². The number of nitrogens with zero attached hydrogens (tertiary/aromatic N) is 2. The molecule has 3 rings (SSSR count). The Kier molecular flexibility index (Phi) is 2.83. The van der Waals surface area contributed by atoms with Crippen LogP contribution in [-0.2, 0) is 24.8 Å². The van der Waals surface area contributed by atoms with Gasteiger partial charge in [0.2, 0.25) is 5.91 Å². The second-order valence-corrected chi connectivity index (χ2v) is 4.77. The van der Waals surface area contributed by atoms with Gasteiger partial charge in [-0.1, -0.05) is 6.07 Å². The summed E-state index contributed by atoms with van der Waals surface area (Å²) >= 11 is 0. The van der Waals surface area contributed by atoms with Crippen molar-refractivity contribution in [1.29, 1.82) is 0 Å². The van der Waals surface area contributed by atoms with Crippen LogP contribution in [0, 0.1) is 0 Å². The van der Waals surface area contributed by atoms with E-state index in [9.17, 15) is 4.79 Å². The molecule has 0 spiro atoms. The molecule has 0 radical (unpaired) electrons. The number of aromatic nitrogens is 2. The van der Waals surface area contributed by atoms with Crippen molar-refractivity contribution in [2.75, 3.05) is 12.4 Å². The van der Waals surface area contributed by atoms with E-state index in [0.29, 0.717) is 6.42 Å². The maximum Gasteiger partial charge on any atom is 0.228 e. The molecule has 0 saturated carbocycles. The number of nitrogens with one attached hydrogen (secondary N) is 2. The smallest absolute Gasteiger partial charge is 0.228 e. The second-order valence-electron chi connectivity index (χ2n) is 4.77. The molecule has 0 unspecified atom stereocenters. The highest BCUT2D eigenvalue weighted by Gasteiger charge is 2.18. The van der Waals surface area contributed by atoms with Gasteiger partial charge in [-0.3, -0.25) is 9.48 Å². The zero-order chi connectivity index (χ0) is 13.4. The molecule has 1 aromatic heterocycles. The Bertz CT molecular complexity index is 645. The standard InChI is InChI=1S/C14H16N4O/c1-15-8-11-7-13(18(2)17-11)9-3-4-12-10(5-9)6-14(19)16-12/h3-5,7,15H,6,8H2,1-2H3,(H,16,19). The summed E-state index contributed by atoms with van der Waals surface area (Å²) in [6.07, 6.45) is 0.463. The number of aryl methyl sites for hydroxylation is 1. The van der Waals surface area contributed by atoms with Crippen molar-refractivity contribution in [3.05, 3.63) is 35.5 Å². The third-order valence-electron chi connectivity index (χ3n) is 3.31. The lowest BCUT2D eigenvalue weighted by Gasteiger charge is -2.04. The molecule has 0 atom stereocenters. The van der Waals surface area contributed by atoms with Gasteiger partial charge in [0, 0.05) is 24.8 Å². The van der Waals surface area contributed by atoms with Crippen molar-refractivity contribution in [2.24, 2.45) is 7.05 Å². The lowest BCUT2D eigenvalue weighted by atomic mass is 10.1. The molecular formula is C14H16N4O. The fourth-order valence-corrected chi connectivity index (χ4v) is 2.45. The highest BCUT2D eigenvalue weighted by atomic mass is 16.1. The van der Waals surface area contributed by atoms with Crippen molar-refractivity contribution in [3.63, 3.8) is 0 Å². The van der Waals surface area contributed by atoms with E-state index in [-0.39, 0.29) is 5.91 Å². The number of hydrogen-bond donors (Lipinski definition) is 2. The third-order valence-corrected chi connectivity index (χ3v) is 3.31. The number of amides is 1. The number of rotatable bonds is 3. The Balaban J connectivity index is 1.99. The van der Waals surface area contributed by atoms with Gasteiger partial charge in [0.15, 0.2) is 0 Å². The van der Waals surface area contributed by atoms with Crippen LogP contribution < -0.4 is 10.6 Å². The van der Waals surface area contributed by atoms with Crippen molar-refractivity contribution in [2.45, 2.75) is 13.0 Å². The molecule has 0 fully saturated rings. The summed E-state index contributed by atoms with van der Waals surface area (Å²) in [6, 6.07) is 8.11. The van der Waals surface area contributed by atoms with Crippen LogP contribution in [0.4, 0.5) is 5.69 Å². The first-order chi connectivity index (χ1) is 9.17. The maximum absolute atomic E-state index is 11.4. The normalized spacial score (nSPS) is 13.5. The molecule has 2 heterocycles. The van der Waals surface area contributed by atoms with Gasteiger partial charge in [-0.15, -0.1) is 0 Å². The van der Waals surface area contributed by atoms with Crippen LogP contribution in [-0.4, -0.2) is 22.7 Å². The van der Waals surface area contributed by atoms with Gasteiger partial charge in [0.25, 0.3) is 0 Å². The predicted octanol–water partition coefficient (Wildman–Crippen LogP) is 1.30. The van der Waals surface area contributed by atoms with Crippen LogP contribution in [0.2, 0.25) is 0 Å². The lowest BCUT2D eigenvalue weighted by molar-refractivity contribution is -0.115. The Labute approximate surface area is 111 Å². The van der Waals surface area contributed by atoms with Gasteiger partial charge in [0.05, 0.1) is 17.8 Å². The summed E-state index contributed by atoms with van der Waals surface area (Å²) in [6.45, 7) is 0.749. The quantitative estimate of drug-likeness (QED) is 0.870. The molecular weight excluding hydrogens is 240 g/mol. The Morgan fingerprint density at radius 2 is 2.26 bits per heavy atom. The number of anilines is 1. The minimum Gasteiger partial charge on any atom is -0.326 e. The molecule has 1 aliphatic rings. The van der Waals surface area contributed by atoms with E-state index in [1.807, 2.05) is 30.9 Å². The summed E-state index contributed by atoms with van der Waals surface area (Å²) in [5.41, 5.74) is 5.14. The largest absolute Gasteiger partial charge is 0.326 e. The van der Waals surface area contributed by atoms with Gasteiger partial charge in [-0.25, -0.2) is 0 Å². The van der Waals surface area contributed by atoms with Crippen molar-refractivity contribution in [1.82, 2.24) is 15.1 Å². The molecule has 5 nitrogen and oxygen atoms in total. The van der Waals surface area contributed by atoms with E-state index in [1.54, 1.807) is 0 Å². The molecule has 98 valence electrons. The topological polar surface area (TPSA) is 59.0 Å². The first-order valence-corrected chi connectivity index (χ1v) is 6.28. The van der Waals surface area contributed by atoms with Gasteiger partial charge >= 0.3 is 0 Å². The number of carbonyl (C=O) groups is 1. The van der Waals surface area contributed by atoms with Crippen LogP contribution >= 0.6 is 0 Å². The number of carbonyl (C=O) groups excluding carboxylic acids is 1. The minimum absolute atomic E-state index is 0.0630. The highest BCUT2D eigenvalue weighted by molar-refractivity contribution is 5.99. The van der Waals surface area contributed by atoms with E-state index >= 15 is 0 Å². The van der Waals surface area contributed by atoms with Gasteiger partial charge in [0.1, 0.15) is 0 Å². The van der Waals surface area contributed by atoms with Crippen LogP contribution in [0.15, 0.2) is 24.3 Å². The Morgan fingerprint density at radius 3 is 3.05 bits per heavy atom. The summed E-state index contributed by atoms with van der Waals surface area (Å²) in [4.78, 5) is 11.4. The zero-order valence-corrected chi connectivity index (χ0v) is 11.0. The first-order valence-electron chi connectivity index (χ1n) is 6.28. The fourth-order valence-electron chi connectivity index (χ4n) is 2.45. The third kappa shape index (κ3) is 2.13. The van der Waals surface area contributed by atoms with E-state index in [1.165, 1.54) is 0 Å². The van der Waals surface area contributed by atoms with E-state index in [4.69, 9.17) is 0 Å². The summed E-state index contributed by atoms with van der Waals surface area (Å²) in [5.74, 6) is 0.0630. The van der Waals surface area contributed by atoms with Crippen molar-refractivity contribution in [3.8, 4) is 11.3 Å². The average molecular weight is 256 g/mol. The van der Waals surface area contributed by atoms with Crippen LogP contribution in [0.1, 0.15) is 11.3 Å². The lowest BCUT2D eigenvalue weighted by Crippen LogP contribution is -2.05. The van der Waals surface area contributed by atoms with Gasteiger partial charge < -0.3 is 10.6 Å². The predicted molar refractivity (Wildman–Crippen MR) is 73.7 cm³/mol. The summed E-state index contributed by atoms with van der Waals surface area (Å²) < 4.78 is 1.87. The molecule has 0 saturated heterocycles. The Hall–Kier alpha value is -2.14. The second kappa shape index (κ2) is 4.51. The van der Waals surface area contributed by atoms with Crippen LogP contribution in [0.25, 0.3) is 11.3 Å². The molecule has 2 aromatic rings. The molecule has 19 heavy (non-hydrogen) atoms. The summed E-state index contributed by atoms with van der Waals surface area (Å²) in [7, 11) is 3.84. The van der Waals surface area contributed by atoms with Crippen molar-refractivity contribution < 1.29 is 4.79 Å². The molecule has 2 N–H and O–H groups in total. The van der Waals surface area contributed by atoms with E-state index in [2.05, 4.69) is 27.9 Å². The Morgan fingerprint density at radius 1 is 1.42 bits per heavy atom. The first kappa shape index (κ1) is 11.9. The molecule has 0 bridgehead atoms. The highest BCUT2D eigenvalue weighted by Crippen LogP contribution is 2.29. The molecule has 0 aliphatic carbocycles. The summed E-state index contributed by atoms with van der Waals surface area (Å²) in [5, 5.41) is 10.4. The monoisotopic (exact) mass is 256 g/mol. The number of benzene rings is 1.